The van der Waals surface area contributed by atoms with Crippen LogP contribution < -0.4 is 0 Å². The first-order chi connectivity index (χ1) is 13.3. The van der Waals surface area contributed by atoms with Crippen molar-refractivity contribution >= 4 is 43.6 Å². The largest absolute Gasteiger partial charge is 0.344 e. The highest BCUT2D eigenvalue weighted by molar-refractivity contribution is 6.11. The van der Waals surface area contributed by atoms with E-state index >= 15 is 0 Å². The van der Waals surface area contributed by atoms with Gasteiger partial charge >= 0.3 is 0 Å². The lowest BCUT2D eigenvalue weighted by Crippen LogP contribution is -1.94. The smallest absolute Gasteiger partial charge is 0.0541 e. The minimum Gasteiger partial charge on any atom is -0.344 e. The van der Waals surface area contributed by atoms with E-state index in [-0.39, 0.29) is 0 Å². The van der Waals surface area contributed by atoms with Crippen LogP contribution >= 0.6 is 0 Å². The number of para-hydroxylation sites is 3. The molecule has 2 heteroatoms. The minimum atomic E-state index is 1.20. The van der Waals surface area contributed by atoms with Crippen LogP contribution in [0.3, 0.4) is 0 Å². The lowest BCUT2D eigenvalue weighted by atomic mass is 10.1. The van der Waals surface area contributed by atoms with Crippen LogP contribution in [0.25, 0.3) is 49.3 Å². The van der Waals surface area contributed by atoms with Crippen LogP contribution in [-0.4, -0.2) is 9.13 Å². The summed E-state index contributed by atoms with van der Waals surface area (Å²) in [5.74, 6) is 0. The number of nitrogens with zero attached hydrogens (tertiary/aromatic N) is 2. The monoisotopic (exact) mass is 346 g/mol. The third kappa shape index (κ3) is 1.90. The van der Waals surface area contributed by atoms with Gasteiger partial charge in [0.15, 0.2) is 0 Å². The molecule has 0 bridgehead atoms. The molecule has 6 aromatic rings. The van der Waals surface area contributed by atoms with Crippen molar-refractivity contribution in [3.05, 3.63) is 91.0 Å². The highest BCUT2D eigenvalue weighted by Crippen LogP contribution is 2.34. The van der Waals surface area contributed by atoms with E-state index in [0.717, 1.165) is 0 Å². The third-order valence-electron chi connectivity index (χ3n) is 5.74. The molecule has 0 unspecified atom stereocenters. The van der Waals surface area contributed by atoms with Gasteiger partial charge in [0.05, 0.1) is 16.6 Å². The number of hydrogen-bond donors (Lipinski definition) is 0. The summed E-state index contributed by atoms with van der Waals surface area (Å²) >= 11 is 0. The zero-order valence-corrected chi connectivity index (χ0v) is 15.1. The van der Waals surface area contributed by atoms with Crippen molar-refractivity contribution in [2.75, 3.05) is 0 Å². The van der Waals surface area contributed by atoms with Crippen LogP contribution in [0, 0.1) is 0 Å². The fraction of sp³-hybridized carbons (Fsp3) is 0.0400. The fourth-order valence-electron chi connectivity index (χ4n) is 4.49. The summed E-state index contributed by atoms with van der Waals surface area (Å²) < 4.78 is 4.67. The Morgan fingerprint density at radius 2 is 0.963 bits per heavy atom. The van der Waals surface area contributed by atoms with Gasteiger partial charge in [-0.2, -0.15) is 0 Å². The summed E-state index contributed by atoms with van der Waals surface area (Å²) in [7, 11) is 2.15. The molecule has 128 valence electrons. The van der Waals surface area contributed by atoms with Crippen molar-refractivity contribution in [2.24, 2.45) is 7.05 Å². The molecule has 2 heterocycles. The van der Waals surface area contributed by atoms with Crippen LogP contribution in [0.5, 0.6) is 0 Å². The van der Waals surface area contributed by atoms with Gasteiger partial charge in [-0.05, 0) is 30.3 Å². The van der Waals surface area contributed by atoms with Crippen molar-refractivity contribution in [1.82, 2.24) is 9.13 Å². The van der Waals surface area contributed by atoms with E-state index < -0.39 is 0 Å². The number of hydrogen-bond acceptors (Lipinski definition) is 0. The lowest BCUT2D eigenvalue weighted by molar-refractivity contribution is 1.01. The van der Waals surface area contributed by atoms with E-state index in [2.05, 4.69) is 107 Å². The summed E-state index contributed by atoms with van der Waals surface area (Å²) in [5.41, 5.74) is 6.22. The zero-order valence-electron chi connectivity index (χ0n) is 15.1. The molecular formula is C25H18N2. The Labute approximate surface area is 156 Å². The van der Waals surface area contributed by atoms with E-state index in [1.165, 1.54) is 49.3 Å². The molecule has 0 spiro atoms. The molecule has 0 saturated heterocycles. The summed E-state index contributed by atoms with van der Waals surface area (Å²) in [6, 6.07) is 32.7. The van der Waals surface area contributed by atoms with Gasteiger partial charge in [-0.25, -0.2) is 0 Å². The second kappa shape index (κ2) is 5.24. The Bertz CT molecular complexity index is 1430. The van der Waals surface area contributed by atoms with Gasteiger partial charge < -0.3 is 9.13 Å². The van der Waals surface area contributed by atoms with Crippen molar-refractivity contribution in [2.45, 2.75) is 0 Å². The molecule has 0 saturated carbocycles. The molecule has 0 aliphatic heterocycles. The predicted octanol–water partition coefficient (Wildman–Crippen LogP) is 6.43. The van der Waals surface area contributed by atoms with Crippen LogP contribution in [0.2, 0.25) is 0 Å². The normalized spacial score (nSPS) is 11.9. The molecule has 0 aliphatic carbocycles. The van der Waals surface area contributed by atoms with Crippen LogP contribution in [0.1, 0.15) is 0 Å². The molecule has 0 radical (unpaired) electrons. The zero-order chi connectivity index (χ0) is 18.0. The number of benzene rings is 4. The molecule has 0 aliphatic rings. The minimum absolute atomic E-state index is 1.20. The third-order valence-corrected chi connectivity index (χ3v) is 5.74. The summed E-state index contributed by atoms with van der Waals surface area (Å²) in [5, 5.41) is 5.21. The maximum absolute atomic E-state index is 2.38. The van der Waals surface area contributed by atoms with Gasteiger partial charge in [0.25, 0.3) is 0 Å². The molecule has 6 rings (SSSR count). The molecule has 2 aromatic heterocycles. The van der Waals surface area contributed by atoms with E-state index in [1.807, 2.05) is 0 Å². The Morgan fingerprint density at radius 3 is 1.59 bits per heavy atom. The fourth-order valence-corrected chi connectivity index (χ4v) is 4.49. The van der Waals surface area contributed by atoms with Gasteiger partial charge in [0.2, 0.25) is 0 Å². The van der Waals surface area contributed by atoms with Crippen molar-refractivity contribution in [3.63, 3.8) is 0 Å². The van der Waals surface area contributed by atoms with Gasteiger partial charge in [-0.3, -0.25) is 0 Å². The molecule has 0 fully saturated rings. The number of fused-ring (bicyclic) bond motifs is 6. The topological polar surface area (TPSA) is 9.86 Å². The number of rotatable bonds is 1. The highest BCUT2D eigenvalue weighted by atomic mass is 15.0. The maximum Gasteiger partial charge on any atom is 0.0541 e. The van der Waals surface area contributed by atoms with Crippen LogP contribution in [0.4, 0.5) is 0 Å². The molecular weight excluding hydrogens is 328 g/mol. The number of aromatic nitrogens is 2. The average Bonchev–Trinajstić information content (AvgIpc) is 3.21. The SMILES string of the molecule is Cn1c2ccccc2c2ccc(-n3c4ccccc4c4ccccc43)cc21. The van der Waals surface area contributed by atoms with E-state index in [1.54, 1.807) is 0 Å². The van der Waals surface area contributed by atoms with Crippen molar-refractivity contribution in [1.29, 1.82) is 0 Å². The second-order valence-electron chi connectivity index (χ2n) is 7.15. The molecule has 0 atom stereocenters. The Hall–Kier alpha value is -3.52. The van der Waals surface area contributed by atoms with Gasteiger partial charge in [0.1, 0.15) is 0 Å². The quantitative estimate of drug-likeness (QED) is 0.325. The molecule has 0 N–H and O–H groups in total. The highest BCUT2D eigenvalue weighted by Gasteiger charge is 2.13. The summed E-state index contributed by atoms with van der Waals surface area (Å²) in [4.78, 5) is 0. The second-order valence-corrected chi connectivity index (χ2v) is 7.15. The summed E-state index contributed by atoms with van der Waals surface area (Å²) in [6.07, 6.45) is 0. The molecule has 4 aromatic carbocycles. The van der Waals surface area contributed by atoms with Gasteiger partial charge in [-0.15, -0.1) is 0 Å². The predicted molar refractivity (Wildman–Crippen MR) is 115 cm³/mol. The lowest BCUT2D eigenvalue weighted by Gasteiger charge is -2.09. The van der Waals surface area contributed by atoms with Crippen LogP contribution in [-0.2, 0) is 7.05 Å². The van der Waals surface area contributed by atoms with E-state index in [4.69, 9.17) is 0 Å². The van der Waals surface area contributed by atoms with Gasteiger partial charge in [0, 0.05) is 39.8 Å². The van der Waals surface area contributed by atoms with Crippen LogP contribution in [0.15, 0.2) is 91.0 Å². The Balaban J connectivity index is 1.75. The van der Waals surface area contributed by atoms with E-state index in [0.29, 0.717) is 0 Å². The molecule has 2 nitrogen and oxygen atoms in total. The molecule has 0 amide bonds. The average molecular weight is 346 g/mol. The first-order valence-electron chi connectivity index (χ1n) is 9.29. The van der Waals surface area contributed by atoms with E-state index in [9.17, 15) is 0 Å². The number of aryl methyl sites for hydroxylation is 1. The first kappa shape index (κ1) is 14.6. The molecule has 27 heavy (non-hydrogen) atoms. The standard InChI is InChI=1S/C25H18N2/c1-26-22-11-5-2-8-18(22)21-15-14-17(16-25(21)26)27-23-12-6-3-9-19(23)20-10-4-7-13-24(20)27/h2-16H,1H3. The Morgan fingerprint density at radius 1 is 0.481 bits per heavy atom. The van der Waals surface area contributed by atoms with Crippen molar-refractivity contribution < 1.29 is 0 Å². The van der Waals surface area contributed by atoms with Gasteiger partial charge in [-0.1, -0.05) is 60.7 Å². The maximum atomic E-state index is 2.38. The Kier molecular flexibility index (Phi) is 2.84. The first-order valence-corrected chi connectivity index (χ1v) is 9.29. The van der Waals surface area contributed by atoms with Crippen molar-refractivity contribution in [3.8, 4) is 5.69 Å². The summed E-state index contributed by atoms with van der Waals surface area (Å²) in [6.45, 7) is 0.